The Morgan fingerprint density at radius 1 is 1.14 bits per heavy atom. The average molecular weight is 289 g/mol. The number of aromatic nitrogens is 1. The van der Waals surface area contributed by atoms with E-state index in [-0.39, 0.29) is 0 Å². The highest BCUT2D eigenvalue weighted by molar-refractivity contribution is 5.15. The first-order valence-corrected chi connectivity index (χ1v) is 8.64. The van der Waals surface area contributed by atoms with E-state index in [1.165, 1.54) is 31.2 Å². The van der Waals surface area contributed by atoms with Crippen molar-refractivity contribution >= 4 is 0 Å². The molecule has 1 aliphatic carbocycles. The molecule has 21 heavy (non-hydrogen) atoms. The molecular formula is C18H31N3. The van der Waals surface area contributed by atoms with Gasteiger partial charge in [0.25, 0.3) is 0 Å². The Labute approximate surface area is 130 Å². The quantitative estimate of drug-likeness (QED) is 0.796. The van der Waals surface area contributed by atoms with Crippen molar-refractivity contribution < 1.29 is 0 Å². The summed E-state index contributed by atoms with van der Waals surface area (Å²) < 4.78 is 0. The van der Waals surface area contributed by atoms with Gasteiger partial charge in [-0.05, 0) is 56.6 Å². The highest BCUT2D eigenvalue weighted by Crippen LogP contribution is 2.39. The molecule has 0 amide bonds. The Balaban J connectivity index is 2.24. The van der Waals surface area contributed by atoms with E-state index in [0.717, 1.165) is 26.1 Å². The molecule has 3 heteroatoms. The van der Waals surface area contributed by atoms with Gasteiger partial charge in [0.15, 0.2) is 0 Å². The molecule has 0 bridgehead atoms. The molecule has 1 atom stereocenters. The van der Waals surface area contributed by atoms with Crippen molar-refractivity contribution in [2.45, 2.75) is 64.5 Å². The maximum Gasteiger partial charge on any atom is 0.0365 e. The molecule has 2 rings (SSSR count). The maximum atomic E-state index is 4.15. The molecule has 0 saturated heterocycles. The first kappa shape index (κ1) is 16.4. The van der Waals surface area contributed by atoms with E-state index in [1.807, 2.05) is 12.4 Å². The van der Waals surface area contributed by atoms with Crippen LogP contribution in [0.1, 0.15) is 52.0 Å². The molecule has 1 heterocycles. The van der Waals surface area contributed by atoms with Crippen LogP contribution in [0.15, 0.2) is 24.5 Å². The second kappa shape index (κ2) is 7.90. The van der Waals surface area contributed by atoms with Crippen molar-refractivity contribution in [2.24, 2.45) is 0 Å². The van der Waals surface area contributed by atoms with Crippen molar-refractivity contribution in [3.63, 3.8) is 0 Å². The summed E-state index contributed by atoms with van der Waals surface area (Å²) in [5, 5.41) is 3.80. The Morgan fingerprint density at radius 3 is 2.29 bits per heavy atom. The minimum atomic E-state index is 0.336. The van der Waals surface area contributed by atoms with Crippen LogP contribution in [0.4, 0.5) is 0 Å². The lowest BCUT2D eigenvalue weighted by atomic mass is 9.82. The van der Waals surface area contributed by atoms with Gasteiger partial charge in [-0.3, -0.25) is 9.88 Å². The molecule has 1 fully saturated rings. The monoisotopic (exact) mass is 289 g/mol. The van der Waals surface area contributed by atoms with Crippen LogP contribution in [0.3, 0.4) is 0 Å². The summed E-state index contributed by atoms with van der Waals surface area (Å²) >= 11 is 0. The van der Waals surface area contributed by atoms with Gasteiger partial charge in [-0.15, -0.1) is 0 Å². The lowest BCUT2D eigenvalue weighted by Crippen LogP contribution is -2.60. The molecular weight excluding hydrogens is 258 g/mol. The molecule has 1 N–H and O–H groups in total. The molecule has 1 unspecified atom stereocenters. The lowest BCUT2D eigenvalue weighted by Gasteiger charge is -2.47. The van der Waals surface area contributed by atoms with E-state index >= 15 is 0 Å². The number of hydrogen-bond donors (Lipinski definition) is 1. The Bertz CT molecular complexity index is 394. The zero-order valence-electron chi connectivity index (χ0n) is 13.9. The summed E-state index contributed by atoms with van der Waals surface area (Å²) in [5.41, 5.74) is 1.73. The van der Waals surface area contributed by atoms with Crippen LogP contribution in [0.25, 0.3) is 0 Å². The number of nitrogens with zero attached hydrogens (tertiary/aromatic N) is 2. The molecule has 0 aromatic carbocycles. The van der Waals surface area contributed by atoms with E-state index in [1.54, 1.807) is 0 Å². The molecule has 1 aromatic rings. The van der Waals surface area contributed by atoms with Crippen molar-refractivity contribution in [1.29, 1.82) is 0 Å². The molecule has 1 aliphatic rings. The van der Waals surface area contributed by atoms with Gasteiger partial charge < -0.3 is 5.32 Å². The average Bonchev–Trinajstić information content (AvgIpc) is 3.00. The highest BCUT2D eigenvalue weighted by Gasteiger charge is 2.44. The maximum absolute atomic E-state index is 4.15. The third kappa shape index (κ3) is 3.64. The van der Waals surface area contributed by atoms with Gasteiger partial charge in [-0.2, -0.15) is 0 Å². The highest BCUT2D eigenvalue weighted by atomic mass is 15.2. The minimum absolute atomic E-state index is 0.336. The van der Waals surface area contributed by atoms with Gasteiger partial charge in [0, 0.05) is 24.0 Å². The predicted octanol–water partition coefficient (Wildman–Crippen LogP) is 3.26. The van der Waals surface area contributed by atoms with Gasteiger partial charge in [-0.25, -0.2) is 0 Å². The third-order valence-electron chi connectivity index (χ3n) is 5.15. The van der Waals surface area contributed by atoms with Crippen molar-refractivity contribution in [1.82, 2.24) is 15.2 Å². The number of pyridine rings is 1. The summed E-state index contributed by atoms with van der Waals surface area (Å²) in [5.74, 6) is 0. The van der Waals surface area contributed by atoms with E-state index < -0.39 is 0 Å². The zero-order chi connectivity index (χ0) is 15.1. The number of rotatable bonds is 8. The largest absolute Gasteiger partial charge is 0.312 e. The normalized spacial score (nSPS) is 19.0. The molecule has 0 spiro atoms. The second-order valence-corrected chi connectivity index (χ2v) is 6.15. The van der Waals surface area contributed by atoms with Crippen LogP contribution in [-0.2, 0) is 6.42 Å². The lowest BCUT2D eigenvalue weighted by molar-refractivity contribution is 0.0635. The Hall–Kier alpha value is -0.930. The van der Waals surface area contributed by atoms with E-state index in [2.05, 4.69) is 48.1 Å². The van der Waals surface area contributed by atoms with Crippen molar-refractivity contribution in [3.8, 4) is 0 Å². The predicted molar refractivity (Wildman–Crippen MR) is 89.5 cm³/mol. The van der Waals surface area contributed by atoms with Crippen LogP contribution >= 0.6 is 0 Å². The summed E-state index contributed by atoms with van der Waals surface area (Å²) in [4.78, 5) is 6.85. The molecule has 3 nitrogen and oxygen atoms in total. The third-order valence-corrected chi connectivity index (χ3v) is 5.15. The van der Waals surface area contributed by atoms with E-state index in [0.29, 0.717) is 11.6 Å². The van der Waals surface area contributed by atoms with Gasteiger partial charge in [0.05, 0.1) is 0 Å². The Kier molecular flexibility index (Phi) is 6.19. The number of nitrogens with one attached hydrogen (secondary N) is 1. The molecule has 0 aliphatic heterocycles. The van der Waals surface area contributed by atoms with Gasteiger partial charge >= 0.3 is 0 Å². The summed E-state index contributed by atoms with van der Waals surface area (Å²) in [7, 11) is 0. The summed E-state index contributed by atoms with van der Waals surface area (Å²) in [6, 6.07) is 4.86. The zero-order valence-corrected chi connectivity index (χ0v) is 13.9. The fourth-order valence-electron chi connectivity index (χ4n) is 4.18. The van der Waals surface area contributed by atoms with Gasteiger partial charge in [0.2, 0.25) is 0 Å². The first-order chi connectivity index (χ1) is 10.3. The number of hydrogen-bond acceptors (Lipinski definition) is 3. The molecule has 1 aromatic heterocycles. The Morgan fingerprint density at radius 2 is 1.76 bits per heavy atom. The topological polar surface area (TPSA) is 28.2 Å². The van der Waals surface area contributed by atoms with Gasteiger partial charge in [-0.1, -0.05) is 33.6 Å². The fourth-order valence-corrected chi connectivity index (χ4v) is 4.18. The SMILES string of the molecule is CCNC(Cc1ccncc1)C1(N(CC)CC)CCCC1. The summed E-state index contributed by atoms with van der Waals surface area (Å²) in [6.07, 6.45) is 10.3. The van der Waals surface area contributed by atoms with E-state index in [9.17, 15) is 0 Å². The van der Waals surface area contributed by atoms with Crippen LogP contribution in [-0.4, -0.2) is 41.1 Å². The second-order valence-electron chi connectivity index (χ2n) is 6.15. The number of likely N-dealkylation sites (N-methyl/N-ethyl adjacent to an activating group) is 2. The molecule has 118 valence electrons. The van der Waals surface area contributed by atoms with Crippen LogP contribution in [0.2, 0.25) is 0 Å². The van der Waals surface area contributed by atoms with Crippen molar-refractivity contribution in [2.75, 3.05) is 19.6 Å². The molecule has 1 saturated carbocycles. The smallest absolute Gasteiger partial charge is 0.0365 e. The fraction of sp³-hybridized carbons (Fsp3) is 0.722. The van der Waals surface area contributed by atoms with Crippen LogP contribution in [0, 0.1) is 0 Å². The molecule has 0 radical (unpaired) electrons. The van der Waals surface area contributed by atoms with Crippen molar-refractivity contribution in [3.05, 3.63) is 30.1 Å². The first-order valence-electron chi connectivity index (χ1n) is 8.64. The minimum Gasteiger partial charge on any atom is -0.312 e. The van der Waals surface area contributed by atoms with Crippen LogP contribution in [0.5, 0.6) is 0 Å². The van der Waals surface area contributed by atoms with Crippen LogP contribution < -0.4 is 5.32 Å². The van der Waals surface area contributed by atoms with E-state index in [4.69, 9.17) is 0 Å². The standard InChI is InChI=1S/C18H31N3/c1-4-20-17(15-16-9-13-19-14-10-16)18(11-7-8-12-18)21(5-2)6-3/h9-10,13-14,17,20H,4-8,11-12,15H2,1-3H3. The van der Waals surface area contributed by atoms with Gasteiger partial charge in [0.1, 0.15) is 0 Å². The summed E-state index contributed by atoms with van der Waals surface area (Å²) in [6.45, 7) is 10.2.